The fraction of sp³-hybridized carbons (Fsp3) is 0.273. The van der Waals surface area contributed by atoms with Gasteiger partial charge >= 0.3 is 0 Å². The second kappa shape index (κ2) is 9.08. The van der Waals surface area contributed by atoms with Crippen LogP contribution < -0.4 is 14.8 Å². The van der Waals surface area contributed by atoms with Crippen molar-refractivity contribution in [3.8, 4) is 11.5 Å². The molecule has 2 aromatic carbocycles. The van der Waals surface area contributed by atoms with E-state index in [9.17, 15) is 4.79 Å². The highest BCUT2D eigenvalue weighted by molar-refractivity contribution is 5.92. The van der Waals surface area contributed by atoms with E-state index in [1.807, 2.05) is 55.5 Å². The van der Waals surface area contributed by atoms with Crippen molar-refractivity contribution < 1.29 is 14.3 Å². The number of fused-ring (bicyclic) bond motifs is 1. The van der Waals surface area contributed by atoms with E-state index in [0.717, 1.165) is 22.6 Å². The smallest absolute Gasteiger partial charge is 0.246 e. The number of rotatable bonds is 9. The molecule has 3 aromatic rings. The van der Waals surface area contributed by atoms with Crippen LogP contribution in [0.4, 0.5) is 0 Å². The topological polar surface area (TPSA) is 65.4 Å². The van der Waals surface area contributed by atoms with Gasteiger partial charge in [-0.25, -0.2) is 4.98 Å². The van der Waals surface area contributed by atoms with E-state index in [1.54, 1.807) is 6.92 Å². The van der Waals surface area contributed by atoms with Crippen LogP contribution in [-0.4, -0.2) is 28.7 Å². The van der Waals surface area contributed by atoms with Gasteiger partial charge in [-0.2, -0.15) is 0 Å². The molecule has 0 fully saturated rings. The molecule has 0 aliphatic rings. The van der Waals surface area contributed by atoms with Crippen LogP contribution in [0.5, 0.6) is 11.5 Å². The Bertz CT molecular complexity index is 978. The Hall–Kier alpha value is -3.28. The molecule has 0 saturated heterocycles. The molecule has 146 valence electrons. The SMILES string of the molecule is C=C(C)C(=O)NCc1nc2ccccc2n1CCOc1ccccc1OCC. The molecule has 3 rings (SSSR count). The van der Waals surface area contributed by atoms with Crippen LogP contribution in [0, 0.1) is 0 Å². The highest BCUT2D eigenvalue weighted by atomic mass is 16.5. The molecule has 28 heavy (non-hydrogen) atoms. The predicted octanol–water partition coefficient (Wildman–Crippen LogP) is 3.71. The number of carbonyl (C=O) groups excluding carboxylic acids is 1. The Balaban J connectivity index is 1.75. The number of aromatic nitrogens is 2. The molecule has 0 spiro atoms. The number of amides is 1. The van der Waals surface area contributed by atoms with Gasteiger partial charge in [0.25, 0.3) is 0 Å². The largest absolute Gasteiger partial charge is 0.490 e. The average molecular weight is 379 g/mol. The van der Waals surface area contributed by atoms with Gasteiger partial charge in [-0.05, 0) is 38.1 Å². The van der Waals surface area contributed by atoms with E-state index >= 15 is 0 Å². The van der Waals surface area contributed by atoms with Crippen molar-refractivity contribution >= 4 is 16.9 Å². The first-order valence-corrected chi connectivity index (χ1v) is 9.32. The number of carbonyl (C=O) groups is 1. The molecule has 1 N–H and O–H groups in total. The van der Waals surface area contributed by atoms with Gasteiger partial charge in [0.1, 0.15) is 12.4 Å². The molecular weight excluding hydrogens is 354 g/mol. The molecule has 6 nitrogen and oxygen atoms in total. The lowest BCUT2D eigenvalue weighted by molar-refractivity contribution is -0.117. The number of nitrogens with zero attached hydrogens (tertiary/aromatic N) is 2. The summed E-state index contributed by atoms with van der Waals surface area (Å²) in [7, 11) is 0. The van der Waals surface area contributed by atoms with E-state index in [1.165, 1.54) is 0 Å². The lowest BCUT2D eigenvalue weighted by Crippen LogP contribution is -2.25. The maximum Gasteiger partial charge on any atom is 0.246 e. The summed E-state index contributed by atoms with van der Waals surface area (Å²) in [6.07, 6.45) is 0. The van der Waals surface area contributed by atoms with Crippen molar-refractivity contribution in [2.45, 2.75) is 26.9 Å². The van der Waals surface area contributed by atoms with Gasteiger partial charge in [0.2, 0.25) is 5.91 Å². The summed E-state index contributed by atoms with van der Waals surface area (Å²) in [6.45, 7) is 9.25. The van der Waals surface area contributed by atoms with Crippen LogP contribution in [0.25, 0.3) is 11.0 Å². The fourth-order valence-corrected chi connectivity index (χ4v) is 2.91. The standard InChI is InChI=1S/C22H25N3O3/c1-4-27-19-11-7-8-12-20(19)28-14-13-25-18-10-6-5-9-17(18)24-21(25)15-23-22(26)16(2)3/h5-12H,2,4,13-15H2,1,3H3,(H,23,26). The Morgan fingerprint density at radius 3 is 2.50 bits per heavy atom. The number of nitrogens with one attached hydrogen (secondary N) is 1. The van der Waals surface area contributed by atoms with Crippen LogP contribution in [-0.2, 0) is 17.9 Å². The first-order chi connectivity index (χ1) is 13.6. The van der Waals surface area contributed by atoms with Gasteiger partial charge in [0.15, 0.2) is 11.5 Å². The van der Waals surface area contributed by atoms with E-state index < -0.39 is 0 Å². The summed E-state index contributed by atoms with van der Waals surface area (Å²) in [6, 6.07) is 15.5. The lowest BCUT2D eigenvalue weighted by Gasteiger charge is -2.14. The molecule has 0 saturated carbocycles. The second-order valence-corrected chi connectivity index (χ2v) is 6.36. The van der Waals surface area contributed by atoms with Crippen LogP contribution in [0.3, 0.4) is 0 Å². The molecule has 0 aliphatic carbocycles. The highest BCUT2D eigenvalue weighted by Gasteiger charge is 2.12. The molecule has 6 heteroatoms. The second-order valence-electron chi connectivity index (χ2n) is 6.36. The van der Waals surface area contributed by atoms with Gasteiger partial charge < -0.3 is 19.4 Å². The molecule has 0 atom stereocenters. The zero-order chi connectivity index (χ0) is 19.9. The van der Waals surface area contributed by atoms with Gasteiger partial charge in [0.05, 0.1) is 30.7 Å². The van der Waals surface area contributed by atoms with Crippen LogP contribution in [0.2, 0.25) is 0 Å². The normalized spacial score (nSPS) is 10.6. The summed E-state index contributed by atoms with van der Waals surface area (Å²) >= 11 is 0. The lowest BCUT2D eigenvalue weighted by atomic mass is 10.3. The summed E-state index contributed by atoms with van der Waals surface area (Å²) in [4.78, 5) is 16.5. The zero-order valence-electron chi connectivity index (χ0n) is 16.3. The van der Waals surface area contributed by atoms with Crippen molar-refractivity contribution in [1.82, 2.24) is 14.9 Å². The first kappa shape index (κ1) is 19.5. The Morgan fingerprint density at radius 1 is 1.11 bits per heavy atom. The van der Waals surface area contributed by atoms with Crippen molar-refractivity contribution in [2.75, 3.05) is 13.2 Å². The van der Waals surface area contributed by atoms with E-state index in [4.69, 9.17) is 9.47 Å². The summed E-state index contributed by atoms with van der Waals surface area (Å²) in [5, 5.41) is 2.85. The number of hydrogen-bond donors (Lipinski definition) is 1. The monoisotopic (exact) mass is 379 g/mol. The minimum Gasteiger partial charge on any atom is -0.490 e. The van der Waals surface area contributed by atoms with Crippen LogP contribution in [0.1, 0.15) is 19.7 Å². The third-order valence-electron chi connectivity index (χ3n) is 4.25. The molecule has 0 bridgehead atoms. The predicted molar refractivity (Wildman–Crippen MR) is 109 cm³/mol. The van der Waals surface area contributed by atoms with Crippen molar-refractivity contribution in [1.29, 1.82) is 0 Å². The highest BCUT2D eigenvalue weighted by Crippen LogP contribution is 2.26. The molecule has 0 unspecified atom stereocenters. The zero-order valence-corrected chi connectivity index (χ0v) is 16.3. The van der Waals surface area contributed by atoms with Crippen LogP contribution >= 0.6 is 0 Å². The van der Waals surface area contributed by atoms with E-state index in [2.05, 4.69) is 21.4 Å². The number of hydrogen-bond acceptors (Lipinski definition) is 4. The molecule has 1 aromatic heterocycles. The first-order valence-electron chi connectivity index (χ1n) is 9.32. The minimum absolute atomic E-state index is 0.180. The molecule has 1 heterocycles. The minimum atomic E-state index is -0.180. The quantitative estimate of drug-likeness (QED) is 0.576. The average Bonchev–Trinajstić information content (AvgIpc) is 3.05. The van der Waals surface area contributed by atoms with Gasteiger partial charge in [0, 0.05) is 5.57 Å². The fourth-order valence-electron chi connectivity index (χ4n) is 2.91. The maximum atomic E-state index is 11.9. The number of ether oxygens (including phenoxy) is 2. The molecule has 1 amide bonds. The molecule has 0 radical (unpaired) electrons. The van der Waals surface area contributed by atoms with Crippen molar-refractivity contribution in [3.05, 3.63) is 66.5 Å². The molecule has 0 aliphatic heterocycles. The third kappa shape index (κ3) is 4.52. The maximum absolute atomic E-state index is 11.9. The third-order valence-corrected chi connectivity index (χ3v) is 4.25. The molecular formula is C22H25N3O3. The summed E-state index contributed by atoms with van der Waals surface area (Å²) < 4.78 is 13.6. The Kier molecular flexibility index (Phi) is 6.32. The van der Waals surface area contributed by atoms with Gasteiger partial charge in [-0.15, -0.1) is 0 Å². The van der Waals surface area contributed by atoms with E-state index in [-0.39, 0.29) is 5.91 Å². The Morgan fingerprint density at radius 2 is 1.79 bits per heavy atom. The van der Waals surface area contributed by atoms with Crippen LogP contribution in [0.15, 0.2) is 60.7 Å². The van der Waals surface area contributed by atoms with Crippen molar-refractivity contribution in [2.24, 2.45) is 0 Å². The van der Waals surface area contributed by atoms with E-state index in [0.29, 0.717) is 37.6 Å². The number of imidazole rings is 1. The van der Waals surface area contributed by atoms with Gasteiger partial charge in [-0.3, -0.25) is 4.79 Å². The summed E-state index contributed by atoms with van der Waals surface area (Å²) in [5.74, 6) is 2.04. The summed E-state index contributed by atoms with van der Waals surface area (Å²) in [5.41, 5.74) is 2.36. The van der Waals surface area contributed by atoms with Gasteiger partial charge in [-0.1, -0.05) is 30.8 Å². The number of benzene rings is 2. The number of para-hydroxylation sites is 4. The Labute approximate surface area is 164 Å². The van der Waals surface area contributed by atoms with Crippen molar-refractivity contribution in [3.63, 3.8) is 0 Å².